The Hall–Kier alpha value is -1.82. The Balaban J connectivity index is 1.60. The molecule has 116 valence electrons. The highest BCUT2D eigenvalue weighted by Gasteiger charge is 2.25. The van der Waals surface area contributed by atoms with Gasteiger partial charge in [0.25, 0.3) is 5.91 Å². The number of aliphatic hydroxyl groups excluding tert-OH is 1. The number of furan rings is 1. The van der Waals surface area contributed by atoms with E-state index in [1.165, 1.54) is 6.26 Å². The summed E-state index contributed by atoms with van der Waals surface area (Å²) in [7, 11) is 0. The maximum absolute atomic E-state index is 12.0. The van der Waals surface area contributed by atoms with E-state index < -0.39 is 0 Å². The van der Waals surface area contributed by atoms with Gasteiger partial charge < -0.3 is 19.7 Å². The molecule has 0 aromatic carbocycles. The van der Waals surface area contributed by atoms with Gasteiger partial charge in [0.1, 0.15) is 0 Å². The van der Waals surface area contributed by atoms with Crippen molar-refractivity contribution in [2.24, 2.45) is 5.92 Å². The van der Waals surface area contributed by atoms with Gasteiger partial charge in [-0.25, -0.2) is 0 Å². The molecule has 2 amide bonds. The number of aliphatic hydroxyl groups is 1. The molecule has 1 atom stereocenters. The molecule has 1 aliphatic rings. The number of hydrogen-bond donors (Lipinski definition) is 2. The van der Waals surface area contributed by atoms with Crippen LogP contribution in [0.25, 0.3) is 0 Å². The quantitative estimate of drug-likeness (QED) is 0.736. The summed E-state index contributed by atoms with van der Waals surface area (Å²) in [6, 6.07) is 3.26. The fraction of sp³-hybridized carbons (Fsp3) is 0.600. The van der Waals surface area contributed by atoms with E-state index in [9.17, 15) is 9.59 Å². The zero-order valence-electron chi connectivity index (χ0n) is 12.1. The molecule has 1 aromatic heterocycles. The van der Waals surface area contributed by atoms with Crippen LogP contribution in [0.4, 0.5) is 0 Å². The van der Waals surface area contributed by atoms with Gasteiger partial charge in [0.2, 0.25) is 5.91 Å². The Morgan fingerprint density at radius 2 is 2.33 bits per heavy atom. The second-order valence-corrected chi connectivity index (χ2v) is 5.34. The average Bonchev–Trinajstić information content (AvgIpc) is 3.14. The summed E-state index contributed by atoms with van der Waals surface area (Å²) in [5.41, 5.74) is 0. The number of nitrogens with zero attached hydrogens (tertiary/aromatic N) is 1. The van der Waals surface area contributed by atoms with Crippen LogP contribution in [-0.2, 0) is 4.79 Å². The van der Waals surface area contributed by atoms with Crippen molar-refractivity contribution < 1.29 is 19.1 Å². The lowest BCUT2D eigenvalue weighted by Gasteiger charge is -2.16. The van der Waals surface area contributed by atoms with Gasteiger partial charge in [0.15, 0.2) is 5.76 Å². The van der Waals surface area contributed by atoms with Crippen molar-refractivity contribution in [3.8, 4) is 0 Å². The maximum Gasteiger partial charge on any atom is 0.286 e. The first-order valence-electron chi connectivity index (χ1n) is 7.41. The van der Waals surface area contributed by atoms with E-state index in [0.717, 1.165) is 25.9 Å². The SMILES string of the molecule is O=C(NCCCC(=O)N1CCC(CCO)C1)c1ccco1. The second-order valence-electron chi connectivity index (χ2n) is 5.34. The zero-order chi connectivity index (χ0) is 15.1. The number of carbonyl (C=O) groups excluding carboxylic acids is 2. The monoisotopic (exact) mass is 294 g/mol. The van der Waals surface area contributed by atoms with Crippen LogP contribution in [0, 0.1) is 5.92 Å². The zero-order valence-corrected chi connectivity index (χ0v) is 12.1. The number of hydrogen-bond acceptors (Lipinski definition) is 4. The minimum absolute atomic E-state index is 0.127. The van der Waals surface area contributed by atoms with Crippen molar-refractivity contribution >= 4 is 11.8 Å². The first-order chi connectivity index (χ1) is 10.2. The second kappa shape index (κ2) is 7.83. The molecule has 1 unspecified atom stereocenters. The van der Waals surface area contributed by atoms with Crippen molar-refractivity contribution in [1.82, 2.24) is 10.2 Å². The number of rotatable bonds is 7. The first kappa shape index (κ1) is 15.6. The van der Waals surface area contributed by atoms with Crippen molar-refractivity contribution in [1.29, 1.82) is 0 Å². The van der Waals surface area contributed by atoms with Crippen LogP contribution in [0.5, 0.6) is 0 Å². The van der Waals surface area contributed by atoms with Crippen LogP contribution in [-0.4, -0.2) is 48.1 Å². The van der Waals surface area contributed by atoms with E-state index in [0.29, 0.717) is 25.3 Å². The summed E-state index contributed by atoms with van der Waals surface area (Å²) < 4.78 is 4.98. The molecule has 0 bridgehead atoms. The van der Waals surface area contributed by atoms with Gasteiger partial charge in [-0.05, 0) is 37.3 Å². The van der Waals surface area contributed by atoms with Crippen LogP contribution < -0.4 is 5.32 Å². The Morgan fingerprint density at radius 3 is 3.05 bits per heavy atom. The van der Waals surface area contributed by atoms with E-state index in [-0.39, 0.29) is 24.2 Å². The van der Waals surface area contributed by atoms with Crippen LogP contribution in [0.2, 0.25) is 0 Å². The lowest BCUT2D eigenvalue weighted by molar-refractivity contribution is -0.130. The van der Waals surface area contributed by atoms with Gasteiger partial charge in [-0.3, -0.25) is 9.59 Å². The van der Waals surface area contributed by atoms with Gasteiger partial charge in [-0.15, -0.1) is 0 Å². The molecule has 1 saturated heterocycles. The molecule has 21 heavy (non-hydrogen) atoms. The van der Waals surface area contributed by atoms with Crippen LogP contribution in [0.1, 0.15) is 36.2 Å². The summed E-state index contributed by atoms with van der Waals surface area (Å²) in [6.45, 7) is 2.17. The summed E-state index contributed by atoms with van der Waals surface area (Å²) in [5.74, 6) is 0.588. The smallest absolute Gasteiger partial charge is 0.286 e. The van der Waals surface area contributed by atoms with Crippen LogP contribution in [0.3, 0.4) is 0 Å². The summed E-state index contributed by atoms with van der Waals surface area (Å²) >= 11 is 0. The Morgan fingerprint density at radius 1 is 1.48 bits per heavy atom. The Labute approximate surface area is 124 Å². The average molecular weight is 294 g/mol. The van der Waals surface area contributed by atoms with Crippen molar-refractivity contribution in [3.05, 3.63) is 24.2 Å². The molecular formula is C15H22N2O4. The topological polar surface area (TPSA) is 82.8 Å². The highest BCUT2D eigenvalue weighted by atomic mass is 16.3. The maximum atomic E-state index is 12.0. The normalized spacial score (nSPS) is 18.0. The van der Waals surface area contributed by atoms with Crippen LogP contribution in [0.15, 0.2) is 22.8 Å². The molecule has 6 nitrogen and oxygen atoms in total. The molecule has 2 N–H and O–H groups in total. The van der Waals surface area contributed by atoms with E-state index in [1.807, 2.05) is 4.90 Å². The number of nitrogens with one attached hydrogen (secondary N) is 1. The van der Waals surface area contributed by atoms with Gasteiger partial charge >= 0.3 is 0 Å². The van der Waals surface area contributed by atoms with E-state index in [4.69, 9.17) is 9.52 Å². The van der Waals surface area contributed by atoms with E-state index in [2.05, 4.69) is 5.32 Å². The summed E-state index contributed by atoms with van der Waals surface area (Å²) in [6.07, 6.45) is 4.25. The Bertz CT molecular complexity index is 458. The van der Waals surface area contributed by atoms with Gasteiger partial charge in [0, 0.05) is 32.7 Å². The molecule has 2 rings (SSSR count). The third-order valence-electron chi connectivity index (χ3n) is 3.77. The third kappa shape index (κ3) is 4.60. The lowest BCUT2D eigenvalue weighted by atomic mass is 10.1. The molecule has 0 aliphatic carbocycles. The van der Waals surface area contributed by atoms with Crippen molar-refractivity contribution in [2.45, 2.75) is 25.7 Å². The molecule has 0 saturated carbocycles. The largest absolute Gasteiger partial charge is 0.459 e. The molecular weight excluding hydrogens is 272 g/mol. The van der Waals surface area contributed by atoms with Crippen molar-refractivity contribution in [3.63, 3.8) is 0 Å². The molecule has 1 fully saturated rings. The predicted octanol–water partition coefficient (Wildman–Crippen LogP) is 1.02. The summed E-state index contributed by atoms with van der Waals surface area (Å²) in [5, 5.41) is 11.6. The van der Waals surface area contributed by atoms with Gasteiger partial charge in [-0.2, -0.15) is 0 Å². The van der Waals surface area contributed by atoms with E-state index in [1.54, 1.807) is 12.1 Å². The van der Waals surface area contributed by atoms with Crippen LogP contribution >= 0.6 is 0 Å². The standard InChI is InChI=1S/C15H22N2O4/c18-9-6-12-5-8-17(11-12)14(19)4-1-7-16-15(20)13-3-2-10-21-13/h2-3,10,12,18H,1,4-9,11H2,(H,16,20). The van der Waals surface area contributed by atoms with Gasteiger partial charge in [0.05, 0.1) is 6.26 Å². The number of carbonyl (C=O) groups is 2. The van der Waals surface area contributed by atoms with E-state index >= 15 is 0 Å². The number of likely N-dealkylation sites (tertiary alicyclic amines) is 1. The fourth-order valence-electron chi connectivity index (χ4n) is 2.57. The fourth-order valence-corrected chi connectivity index (χ4v) is 2.57. The first-order valence-corrected chi connectivity index (χ1v) is 7.41. The molecule has 1 aliphatic heterocycles. The molecule has 0 radical (unpaired) electrons. The minimum Gasteiger partial charge on any atom is -0.459 e. The van der Waals surface area contributed by atoms with Gasteiger partial charge in [-0.1, -0.05) is 0 Å². The lowest BCUT2D eigenvalue weighted by Crippen LogP contribution is -2.30. The molecule has 0 spiro atoms. The predicted molar refractivity (Wildman–Crippen MR) is 76.7 cm³/mol. The molecule has 6 heteroatoms. The molecule has 1 aromatic rings. The Kier molecular flexibility index (Phi) is 5.80. The summed E-state index contributed by atoms with van der Waals surface area (Å²) in [4.78, 5) is 25.5. The molecule has 2 heterocycles. The highest BCUT2D eigenvalue weighted by Crippen LogP contribution is 2.19. The number of amides is 2. The highest BCUT2D eigenvalue weighted by molar-refractivity contribution is 5.91. The van der Waals surface area contributed by atoms with Crippen molar-refractivity contribution in [2.75, 3.05) is 26.2 Å². The third-order valence-corrected chi connectivity index (χ3v) is 3.77. The minimum atomic E-state index is -0.253.